The summed E-state index contributed by atoms with van der Waals surface area (Å²) in [6.45, 7) is 8.66. The topological polar surface area (TPSA) is 113 Å². The number of aryl methyl sites for hydroxylation is 1. The number of hydrogen-bond donors (Lipinski definition) is 4. The first-order valence-electron chi connectivity index (χ1n) is 12.1. The molecule has 1 aromatic heterocycles. The molecule has 0 spiro atoms. The predicted molar refractivity (Wildman–Crippen MR) is 147 cm³/mol. The molecule has 8 heteroatoms. The maximum absolute atomic E-state index is 12.8. The largest absolute Gasteiger partial charge is 0.444 e. The lowest BCUT2D eigenvalue weighted by atomic mass is 10.0. The number of anilines is 3. The van der Waals surface area contributed by atoms with E-state index in [0.717, 1.165) is 33.1 Å². The highest BCUT2D eigenvalue weighted by atomic mass is 16.6. The number of nitrogens with one attached hydrogen (secondary N) is 3. The van der Waals surface area contributed by atoms with Gasteiger partial charge in [0.05, 0.1) is 23.3 Å². The maximum Gasteiger partial charge on any atom is 0.408 e. The van der Waals surface area contributed by atoms with E-state index in [9.17, 15) is 14.7 Å². The summed E-state index contributed by atoms with van der Waals surface area (Å²) in [5, 5.41) is 20.7. The number of fused-ring (bicyclic) bond motifs is 2. The summed E-state index contributed by atoms with van der Waals surface area (Å²) in [4.78, 5) is 29.7. The van der Waals surface area contributed by atoms with E-state index in [2.05, 4.69) is 22.0 Å². The second-order valence-corrected chi connectivity index (χ2v) is 10.1. The zero-order valence-corrected chi connectivity index (χ0v) is 21.7. The van der Waals surface area contributed by atoms with Crippen molar-refractivity contribution in [2.24, 2.45) is 0 Å². The zero-order valence-electron chi connectivity index (χ0n) is 21.7. The SMILES string of the molecule is Cc1ccc2nc3ccccc3c(Nc3cc(CO)cc(NC(=O)C(C)NC(=O)OC(C)(C)C)c3)c2c1. The van der Waals surface area contributed by atoms with E-state index in [1.165, 1.54) is 0 Å². The van der Waals surface area contributed by atoms with Crippen molar-refractivity contribution in [2.75, 3.05) is 10.6 Å². The number of aromatic nitrogens is 1. The van der Waals surface area contributed by atoms with Crippen LogP contribution in [0.3, 0.4) is 0 Å². The molecule has 0 aliphatic rings. The van der Waals surface area contributed by atoms with Gasteiger partial charge in [-0.25, -0.2) is 9.78 Å². The van der Waals surface area contributed by atoms with Gasteiger partial charge in [-0.2, -0.15) is 0 Å². The van der Waals surface area contributed by atoms with Gasteiger partial charge in [0.25, 0.3) is 0 Å². The molecule has 2 amide bonds. The Morgan fingerprint density at radius 1 is 0.973 bits per heavy atom. The van der Waals surface area contributed by atoms with Crippen LogP contribution in [0.4, 0.5) is 21.9 Å². The number of carbonyl (C=O) groups excluding carboxylic acids is 2. The summed E-state index contributed by atoms with van der Waals surface area (Å²) in [5.74, 6) is -0.415. The standard InChI is InChI=1S/C29H32N4O4/c1-17-10-11-25-23(12-17)26(22-8-6-7-9-24(22)33-25)31-20-13-19(16-34)14-21(15-20)32-27(35)18(2)30-28(36)37-29(3,4)5/h6-15,18,34H,16H2,1-5H3,(H,30,36)(H,31,33)(H,32,35). The Hall–Kier alpha value is -4.17. The van der Waals surface area contributed by atoms with Crippen molar-refractivity contribution in [1.29, 1.82) is 0 Å². The third kappa shape index (κ3) is 6.34. The smallest absolute Gasteiger partial charge is 0.408 e. The van der Waals surface area contributed by atoms with E-state index in [-0.39, 0.29) is 6.61 Å². The lowest BCUT2D eigenvalue weighted by Crippen LogP contribution is -2.44. The van der Waals surface area contributed by atoms with Crippen LogP contribution in [0, 0.1) is 6.92 Å². The average Bonchev–Trinajstić information content (AvgIpc) is 2.82. The Bertz CT molecular complexity index is 1480. The fraction of sp³-hybridized carbons (Fsp3) is 0.276. The Morgan fingerprint density at radius 2 is 1.68 bits per heavy atom. The first-order valence-corrected chi connectivity index (χ1v) is 12.1. The Morgan fingerprint density at radius 3 is 2.41 bits per heavy atom. The third-order valence-corrected chi connectivity index (χ3v) is 5.67. The summed E-state index contributed by atoms with van der Waals surface area (Å²) >= 11 is 0. The molecule has 0 saturated heterocycles. The predicted octanol–water partition coefficient (Wildman–Crippen LogP) is 5.78. The molecule has 4 rings (SSSR count). The number of amides is 2. The molecule has 4 aromatic rings. The van der Waals surface area contributed by atoms with E-state index in [0.29, 0.717) is 16.9 Å². The van der Waals surface area contributed by atoms with Crippen LogP contribution < -0.4 is 16.0 Å². The number of para-hydroxylation sites is 1. The molecule has 192 valence electrons. The highest BCUT2D eigenvalue weighted by Gasteiger charge is 2.21. The number of alkyl carbamates (subject to hydrolysis) is 1. The molecule has 3 aromatic carbocycles. The summed E-state index contributed by atoms with van der Waals surface area (Å²) < 4.78 is 5.23. The van der Waals surface area contributed by atoms with Gasteiger partial charge in [0.1, 0.15) is 11.6 Å². The highest BCUT2D eigenvalue weighted by Crippen LogP contribution is 2.34. The second-order valence-electron chi connectivity index (χ2n) is 10.1. The van der Waals surface area contributed by atoms with Crippen molar-refractivity contribution in [3.05, 3.63) is 71.8 Å². The van der Waals surface area contributed by atoms with Crippen LogP contribution in [0.25, 0.3) is 21.8 Å². The first kappa shape index (κ1) is 25.9. The lowest BCUT2D eigenvalue weighted by Gasteiger charge is -2.22. The maximum atomic E-state index is 12.8. The van der Waals surface area contributed by atoms with Crippen LogP contribution >= 0.6 is 0 Å². The summed E-state index contributed by atoms with van der Waals surface area (Å²) in [6.07, 6.45) is -0.673. The van der Waals surface area contributed by atoms with E-state index in [4.69, 9.17) is 9.72 Å². The van der Waals surface area contributed by atoms with Gasteiger partial charge in [0, 0.05) is 22.1 Å². The Kier molecular flexibility index (Phi) is 7.31. The lowest BCUT2D eigenvalue weighted by molar-refractivity contribution is -0.117. The Labute approximate surface area is 216 Å². The molecule has 0 aliphatic heterocycles. The molecule has 0 fully saturated rings. The number of aliphatic hydroxyl groups is 1. The van der Waals surface area contributed by atoms with Crippen LogP contribution in [0.1, 0.15) is 38.8 Å². The number of hydrogen-bond acceptors (Lipinski definition) is 6. The quantitative estimate of drug-likeness (QED) is 0.250. The normalized spacial score (nSPS) is 12.3. The Balaban J connectivity index is 1.64. The third-order valence-electron chi connectivity index (χ3n) is 5.67. The minimum Gasteiger partial charge on any atom is -0.444 e. The number of nitrogens with zero attached hydrogens (tertiary/aromatic N) is 1. The molecule has 1 unspecified atom stereocenters. The minimum atomic E-state index is -0.833. The fourth-order valence-corrected chi connectivity index (χ4v) is 4.01. The van der Waals surface area contributed by atoms with Crippen molar-refractivity contribution in [1.82, 2.24) is 10.3 Å². The van der Waals surface area contributed by atoms with Crippen molar-refractivity contribution in [2.45, 2.75) is 52.9 Å². The second kappa shape index (κ2) is 10.4. The van der Waals surface area contributed by atoms with E-state index in [1.807, 2.05) is 49.4 Å². The summed E-state index contributed by atoms with van der Waals surface area (Å²) in [7, 11) is 0. The zero-order chi connectivity index (χ0) is 26.7. The van der Waals surface area contributed by atoms with Crippen LogP contribution in [0.15, 0.2) is 60.7 Å². The van der Waals surface area contributed by atoms with Gasteiger partial charge < -0.3 is 25.8 Å². The molecule has 37 heavy (non-hydrogen) atoms. The van der Waals surface area contributed by atoms with Crippen molar-refractivity contribution < 1.29 is 19.4 Å². The van der Waals surface area contributed by atoms with Crippen LogP contribution in [-0.2, 0) is 16.1 Å². The average molecular weight is 501 g/mol. The number of pyridine rings is 1. The molecular weight excluding hydrogens is 468 g/mol. The molecule has 0 radical (unpaired) electrons. The monoisotopic (exact) mass is 500 g/mol. The van der Waals surface area contributed by atoms with Crippen LogP contribution in [0.5, 0.6) is 0 Å². The first-order chi connectivity index (χ1) is 17.5. The van der Waals surface area contributed by atoms with Gasteiger partial charge in [-0.05, 0) is 76.6 Å². The molecule has 0 saturated carbocycles. The number of ether oxygens (including phenoxy) is 1. The van der Waals surface area contributed by atoms with Gasteiger partial charge in [-0.3, -0.25) is 4.79 Å². The molecular formula is C29H32N4O4. The van der Waals surface area contributed by atoms with Gasteiger partial charge >= 0.3 is 6.09 Å². The van der Waals surface area contributed by atoms with Crippen molar-refractivity contribution in [3.8, 4) is 0 Å². The van der Waals surface area contributed by atoms with E-state index >= 15 is 0 Å². The molecule has 4 N–H and O–H groups in total. The van der Waals surface area contributed by atoms with Crippen molar-refractivity contribution >= 4 is 50.9 Å². The van der Waals surface area contributed by atoms with Crippen LogP contribution in [-0.4, -0.2) is 33.7 Å². The number of aliphatic hydroxyl groups excluding tert-OH is 1. The van der Waals surface area contributed by atoms with Crippen molar-refractivity contribution in [3.63, 3.8) is 0 Å². The minimum absolute atomic E-state index is 0.207. The number of carbonyl (C=O) groups is 2. The van der Waals surface area contributed by atoms with Gasteiger partial charge in [-0.1, -0.05) is 29.8 Å². The van der Waals surface area contributed by atoms with E-state index in [1.54, 1.807) is 39.8 Å². The molecule has 1 heterocycles. The molecule has 0 bridgehead atoms. The van der Waals surface area contributed by atoms with Gasteiger partial charge in [0.15, 0.2) is 0 Å². The van der Waals surface area contributed by atoms with Gasteiger partial charge in [-0.15, -0.1) is 0 Å². The summed E-state index contributed by atoms with van der Waals surface area (Å²) in [6, 6.07) is 18.5. The van der Waals surface area contributed by atoms with E-state index < -0.39 is 23.6 Å². The number of rotatable bonds is 6. The summed E-state index contributed by atoms with van der Waals surface area (Å²) in [5.41, 5.74) is 4.83. The fourth-order valence-electron chi connectivity index (χ4n) is 4.01. The highest BCUT2D eigenvalue weighted by molar-refractivity contribution is 6.09. The molecule has 8 nitrogen and oxygen atoms in total. The number of benzene rings is 3. The van der Waals surface area contributed by atoms with Crippen LogP contribution in [0.2, 0.25) is 0 Å². The van der Waals surface area contributed by atoms with Gasteiger partial charge in [0.2, 0.25) is 5.91 Å². The molecule has 0 aliphatic carbocycles. The molecule has 1 atom stereocenters.